The van der Waals surface area contributed by atoms with Crippen LogP contribution >= 0.6 is 0 Å². The molecule has 0 saturated carbocycles. The van der Waals surface area contributed by atoms with Gasteiger partial charge < -0.3 is 10.1 Å². The third kappa shape index (κ3) is 5.05. The fourth-order valence-corrected chi connectivity index (χ4v) is 6.07. The molecule has 1 heterocycles. The monoisotopic (exact) mass is 492 g/mol. The third-order valence-electron chi connectivity index (χ3n) is 6.38. The highest BCUT2D eigenvalue weighted by atomic mass is 32.2. The molecule has 0 aromatic heterocycles. The maximum atomic E-state index is 13.9. The summed E-state index contributed by atoms with van der Waals surface area (Å²) in [6.45, 7) is 6.65. The van der Waals surface area contributed by atoms with Crippen molar-refractivity contribution >= 4 is 21.6 Å². The first-order valence-electron chi connectivity index (χ1n) is 11.8. The van der Waals surface area contributed by atoms with E-state index in [9.17, 15) is 13.2 Å². The molecule has 1 aliphatic heterocycles. The van der Waals surface area contributed by atoms with E-state index in [4.69, 9.17) is 4.74 Å². The van der Waals surface area contributed by atoms with Gasteiger partial charge in [-0.2, -0.15) is 0 Å². The molecule has 0 saturated heterocycles. The molecule has 0 spiro atoms. The topological polar surface area (TPSA) is 75.7 Å². The maximum Gasteiger partial charge on any atom is 0.265 e. The molecule has 3 aromatic rings. The van der Waals surface area contributed by atoms with Crippen molar-refractivity contribution in [3.8, 4) is 5.75 Å². The normalized spacial score (nSPS) is 15.5. The Morgan fingerprint density at radius 1 is 1.00 bits per heavy atom. The van der Waals surface area contributed by atoms with Crippen molar-refractivity contribution in [3.05, 3.63) is 89.5 Å². The number of hydrogen-bond acceptors (Lipinski definition) is 4. The van der Waals surface area contributed by atoms with Gasteiger partial charge in [-0.1, -0.05) is 69.3 Å². The fraction of sp³-hybridized carbons (Fsp3) is 0.321. The maximum absolute atomic E-state index is 13.9. The van der Waals surface area contributed by atoms with Crippen molar-refractivity contribution in [2.75, 3.05) is 18.0 Å². The standard InChI is InChI=1S/C28H32N2O4S/c1-28(2,3)21-13-15-22(16-14-21)35(32,33)30-24-11-8-12-26(34-4)23(24)19-25(30)27(31)29-18-17-20-9-6-5-7-10-20/h5-16,25H,17-19H2,1-4H3,(H,29,31). The van der Waals surface area contributed by atoms with Gasteiger partial charge in [0.25, 0.3) is 10.0 Å². The first-order valence-corrected chi connectivity index (χ1v) is 13.2. The number of carbonyl (C=O) groups is 1. The number of hydrogen-bond donors (Lipinski definition) is 1. The molecule has 4 rings (SSSR count). The molecule has 1 aliphatic rings. The van der Waals surface area contributed by atoms with E-state index in [1.165, 1.54) is 4.31 Å². The Balaban J connectivity index is 1.65. The zero-order valence-electron chi connectivity index (χ0n) is 20.6. The Bertz CT molecular complexity index is 1300. The van der Waals surface area contributed by atoms with E-state index in [2.05, 4.69) is 26.1 Å². The molecule has 1 unspecified atom stereocenters. The van der Waals surface area contributed by atoms with Gasteiger partial charge in [0.1, 0.15) is 11.8 Å². The summed E-state index contributed by atoms with van der Waals surface area (Å²) in [5, 5.41) is 2.94. The quantitative estimate of drug-likeness (QED) is 0.528. The van der Waals surface area contributed by atoms with E-state index >= 15 is 0 Å². The van der Waals surface area contributed by atoms with Crippen molar-refractivity contribution in [1.29, 1.82) is 0 Å². The number of nitrogens with one attached hydrogen (secondary N) is 1. The highest BCUT2D eigenvalue weighted by Gasteiger charge is 2.43. The number of methoxy groups -OCH3 is 1. The second-order valence-electron chi connectivity index (χ2n) is 9.78. The van der Waals surface area contributed by atoms with E-state index in [0.29, 0.717) is 30.0 Å². The van der Waals surface area contributed by atoms with E-state index in [0.717, 1.165) is 11.1 Å². The lowest BCUT2D eigenvalue weighted by molar-refractivity contribution is -0.122. The van der Waals surface area contributed by atoms with Gasteiger partial charge in [-0.15, -0.1) is 0 Å². The summed E-state index contributed by atoms with van der Waals surface area (Å²) in [6.07, 6.45) is 0.909. The zero-order valence-corrected chi connectivity index (χ0v) is 21.4. The van der Waals surface area contributed by atoms with E-state index in [-0.39, 0.29) is 22.6 Å². The van der Waals surface area contributed by atoms with Gasteiger partial charge in [0.15, 0.2) is 0 Å². The molecule has 3 aromatic carbocycles. The van der Waals surface area contributed by atoms with Gasteiger partial charge in [0, 0.05) is 18.5 Å². The van der Waals surface area contributed by atoms with Crippen molar-refractivity contribution in [2.24, 2.45) is 0 Å². The smallest absolute Gasteiger partial charge is 0.265 e. The van der Waals surface area contributed by atoms with Crippen molar-refractivity contribution in [3.63, 3.8) is 0 Å². The lowest BCUT2D eigenvalue weighted by Crippen LogP contribution is -2.48. The van der Waals surface area contributed by atoms with Gasteiger partial charge in [-0.3, -0.25) is 9.10 Å². The largest absolute Gasteiger partial charge is 0.496 e. The SMILES string of the molecule is COc1cccc2c1CC(C(=O)NCCc1ccccc1)N2S(=O)(=O)c1ccc(C(C)(C)C)cc1. The first kappa shape index (κ1) is 24.8. The number of fused-ring (bicyclic) bond motifs is 1. The van der Waals surface area contributed by atoms with E-state index < -0.39 is 16.1 Å². The molecule has 6 nitrogen and oxygen atoms in total. The number of carbonyl (C=O) groups excluding carboxylic acids is 1. The number of amides is 1. The molecule has 35 heavy (non-hydrogen) atoms. The Kier molecular flexibility index (Phi) is 6.90. The minimum atomic E-state index is -3.99. The van der Waals surface area contributed by atoms with Crippen molar-refractivity contribution in [1.82, 2.24) is 5.32 Å². The summed E-state index contributed by atoms with van der Waals surface area (Å²) < 4.78 is 34.5. The molecular formula is C28H32N2O4S. The second-order valence-corrected chi connectivity index (χ2v) is 11.6. The highest BCUT2D eigenvalue weighted by Crippen LogP contribution is 2.41. The van der Waals surface area contributed by atoms with Crippen LogP contribution in [0.4, 0.5) is 5.69 Å². The number of nitrogens with zero attached hydrogens (tertiary/aromatic N) is 1. The predicted octanol–water partition coefficient (Wildman–Crippen LogP) is 4.47. The Morgan fingerprint density at radius 2 is 1.69 bits per heavy atom. The first-order chi connectivity index (χ1) is 16.6. The average molecular weight is 493 g/mol. The molecule has 7 heteroatoms. The van der Waals surface area contributed by atoms with Crippen LogP contribution in [0.15, 0.2) is 77.7 Å². The molecule has 184 valence electrons. The van der Waals surface area contributed by atoms with Crippen LogP contribution in [0, 0.1) is 0 Å². The van der Waals surface area contributed by atoms with Crippen LogP contribution in [0.1, 0.15) is 37.5 Å². The van der Waals surface area contributed by atoms with Crippen molar-refractivity contribution in [2.45, 2.75) is 50.0 Å². The van der Waals surface area contributed by atoms with Gasteiger partial charge in [0.2, 0.25) is 5.91 Å². The van der Waals surface area contributed by atoms with Crippen LogP contribution in [0.25, 0.3) is 0 Å². The lowest BCUT2D eigenvalue weighted by atomic mass is 9.87. The van der Waals surface area contributed by atoms with Crippen LogP contribution in [-0.4, -0.2) is 34.0 Å². The van der Waals surface area contributed by atoms with Gasteiger partial charge in [-0.05, 0) is 47.2 Å². The van der Waals surface area contributed by atoms with Crippen LogP contribution in [0.2, 0.25) is 0 Å². The van der Waals surface area contributed by atoms with E-state index in [1.807, 2.05) is 42.5 Å². The zero-order chi connectivity index (χ0) is 25.2. The predicted molar refractivity (Wildman–Crippen MR) is 138 cm³/mol. The second kappa shape index (κ2) is 9.74. The number of rotatable bonds is 7. The Labute approximate surface area is 208 Å². The molecule has 0 aliphatic carbocycles. The molecule has 1 N–H and O–H groups in total. The summed E-state index contributed by atoms with van der Waals surface area (Å²) >= 11 is 0. The molecule has 0 bridgehead atoms. The molecule has 1 amide bonds. The van der Waals surface area contributed by atoms with Crippen LogP contribution in [0.3, 0.4) is 0 Å². The summed E-state index contributed by atoms with van der Waals surface area (Å²) in [4.78, 5) is 13.5. The number of sulfonamides is 1. The Hall–Kier alpha value is -3.32. The summed E-state index contributed by atoms with van der Waals surface area (Å²) in [6, 6.07) is 21.2. The third-order valence-corrected chi connectivity index (χ3v) is 8.22. The van der Waals surface area contributed by atoms with Crippen LogP contribution < -0.4 is 14.4 Å². The van der Waals surface area contributed by atoms with Crippen LogP contribution in [-0.2, 0) is 33.1 Å². The van der Waals surface area contributed by atoms with Crippen LogP contribution in [0.5, 0.6) is 5.75 Å². The van der Waals surface area contributed by atoms with Gasteiger partial charge in [-0.25, -0.2) is 8.42 Å². The molecule has 0 radical (unpaired) electrons. The Morgan fingerprint density at radius 3 is 2.31 bits per heavy atom. The molecular weight excluding hydrogens is 460 g/mol. The highest BCUT2D eigenvalue weighted by molar-refractivity contribution is 7.93. The number of ether oxygens (including phenoxy) is 1. The average Bonchev–Trinajstić information content (AvgIpc) is 3.25. The fourth-order valence-electron chi connectivity index (χ4n) is 4.43. The van der Waals surface area contributed by atoms with Gasteiger partial charge in [0.05, 0.1) is 17.7 Å². The number of anilines is 1. The summed E-state index contributed by atoms with van der Waals surface area (Å²) in [7, 11) is -2.45. The van der Waals surface area contributed by atoms with E-state index in [1.54, 1.807) is 37.4 Å². The minimum absolute atomic E-state index is 0.100. The number of benzene rings is 3. The lowest BCUT2D eigenvalue weighted by Gasteiger charge is -2.27. The van der Waals surface area contributed by atoms with Gasteiger partial charge >= 0.3 is 0 Å². The minimum Gasteiger partial charge on any atom is -0.496 e. The molecule has 0 fully saturated rings. The summed E-state index contributed by atoms with van der Waals surface area (Å²) in [5.74, 6) is 0.249. The summed E-state index contributed by atoms with van der Waals surface area (Å²) in [5.41, 5.74) is 3.24. The van der Waals surface area contributed by atoms with Crippen molar-refractivity contribution < 1.29 is 17.9 Å². The molecule has 1 atom stereocenters.